The molecule has 1 N–H and O–H groups in total. The van der Waals surface area contributed by atoms with Gasteiger partial charge in [0, 0.05) is 13.1 Å². The van der Waals surface area contributed by atoms with Crippen molar-refractivity contribution >= 4 is 17.6 Å². The maximum absolute atomic E-state index is 13.0. The predicted molar refractivity (Wildman–Crippen MR) is 92.4 cm³/mol. The van der Waals surface area contributed by atoms with Crippen LogP contribution in [0.4, 0.5) is 23.8 Å². The molecule has 2 aromatic heterocycles. The number of carbonyl (C=O) groups excluding carboxylic acids is 1. The molecule has 10 heteroatoms. The van der Waals surface area contributed by atoms with Gasteiger partial charge in [-0.3, -0.25) is 0 Å². The minimum absolute atomic E-state index is 0.109. The Morgan fingerprint density at radius 3 is 2.74 bits per heavy atom. The fourth-order valence-corrected chi connectivity index (χ4v) is 2.99. The topological polar surface area (TPSA) is 71.8 Å². The number of fused-ring (bicyclic) bond motifs is 1. The van der Waals surface area contributed by atoms with E-state index in [2.05, 4.69) is 15.4 Å². The predicted octanol–water partition coefficient (Wildman–Crippen LogP) is 3.56. The van der Waals surface area contributed by atoms with Crippen LogP contribution in [0.15, 0.2) is 18.3 Å². The molecule has 27 heavy (non-hydrogen) atoms. The maximum atomic E-state index is 13.0. The van der Waals surface area contributed by atoms with Crippen LogP contribution in [0.3, 0.4) is 0 Å². The number of nitrogens with one attached hydrogen (secondary N) is 1. The van der Waals surface area contributed by atoms with Crippen molar-refractivity contribution in [2.75, 3.05) is 18.4 Å². The molecule has 1 amide bonds. The van der Waals surface area contributed by atoms with E-state index in [-0.39, 0.29) is 23.6 Å². The molecule has 0 spiro atoms. The third-order valence-electron chi connectivity index (χ3n) is 4.18. The number of ether oxygens (including phenoxy) is 1. The molecule has 1 unspecified atom stereocenters. The molecular formula is C17H22F3N5O2. The molecule has 0 bridgehead atoms. The van der Waals surface area contributed by atoms with E-state index in [1.54, 1.807) is 31.7 Å². The summed E-state index contributed by atoms with van der Waals surface area (Å²) in [6.07, 6.45) is -2.54. The van der Waals surface area contributed by atoms with Gasteiger partial charge in [0.15, 0.2) is 11.3 Å². The Kier molecular flexibility index (Phi) is 4.92. The number of aromatic nitrogens is 3. The molecule has 0 aromatic carbocycles. The lowest BCUT2D eigenvalue weighted by Gasteiger charge is -2.28. The zero-order valence-electron chi connectivity index (χ0n) is 15.4. The SMILES string of the molecule is CC(C)(C)OC(=O)N1CCCC1CNc1ccc2ncc(C(F)(F)F)n2n1. The second-order valence-corrected chi connectivity index (χ2v) is 7.48. The van der Waals surface area contributed by atoms with Crippen LogP contribution in [0.2, 0.25) is 0 Å². The first-order valence-corrected chi connectivity index (χ1v) is 8.70. The Balaban J connectivity index is 1.70. The molecule has 0 radical (unpaired) electrons. The molecule has 1 aliphatic heterocycles. The minimum atomic E-state index is -4.54. The van der Waals surface area contributed by atoms with Gasteiger partial charge in [-0.2, -0.15) is 13.2 Å². The van der Waals surface area contributed by atoms with Gasteiger partial charge < -0.3 is 15.0 Å². The van der Waals surface area contributed by atoms with Crippen LogP contribution < -0.4 is 5.32 Å². The smallest absolute Gasteiger partial charge is 0.435 e. The van der Waals surface area contributed by atoms with E-state index < -0.39 is 17.5 Å². The largest absolute Gasteiger partial charge is 0.444 e. The summed E-state index contributed by atoms with van der Waals surface area (Å²) >= 11 is 0. The van der Waals surface area contributed by atoms with Gasteiger partial charge in [-0.25, -0.2) is 14.3 Å². The van der Waals surface area contributed by atoms with Crippen LogP contribution in [-0.4, -0.2) is 50.3 Å². The average Bonchev–Trinajstić information content (AvgIpc) is 3.17. The number of anilines is 1. The van der Waals surface area contributed by atoms with Crippen molar-refractivity contribution in [3.63, 3.8) is 0 Å². The molecule has 7 nitrogen and oxygen atoms in total. The van der Waals surface area contributed by atoms with E-state index in [1.165, 1.54) is 6.07 Å². The highest BCUT2D eigenvalue weighted by Crippen LogP contribution is 2.29. The fourth-order valence-electron chi connectivity index (χ4n) is 2.99. The first-order chi connectivity index (χ1) is 12.5. The minimum Gasteiger partial charge on any atom is -0.444 e. The summed E-state index contributed by atoms with van der Waals surface area (Å²) in [5.74, 6) is 0.280. The highest BCUT2D eigenvalue weighted by atomic mass is 19.4. The highest BCUT2D eigenvalue weighted by Gasteiger charge is 2.35. The number of amides is 1. The Hall–Kier alpha value is -2.52. The van der Waals surface area contributed by atoms with Gasteiger partial charge in [0.2, 0.25) is 0 Å². The molecule has 3 rings (SSSR count). The maximum Gasteiger partial charge on any atom is 0.435 e. The Labute approximate surface area is 154 Å². The lowest BCUT2D eigenvalue weighted by atomic mass is 10.2. The highest BCUT2D eigenvalue weighted by molar-refractivity contribution is 5.69. The van der Waals surface area contributed by atoms with Crippen LogP contribution in [0.25, 0.3) is 5.65 Å². The van der Waals surface area contributed by atoms with Gasteiger partial charge in [-0.1, -0.05) is 0 Å². The number of likely N-dealkylation sites (tertiary alicyclic amines) is 1. The first-order valence-electron chi connectivity index (χ1n) is 8.70. The van der Waals surface area contributed by atoms with Crippen LogP contribution in [-0.2, 0) is 10.9 Å². The molecule has 1 saturated heterocycles. The molecule has 1 fully saturated rings. The van der Waals surface area contributed by atoms with E-state index in [1.807, 2.05) is 0 Å². The zero-order chi connectivity index (χ0) is 19.8. The second-order valence-electron chi connectivity index (χ2n) is 7.48. The quantitative estimate of drug-likeness (QED) is 0.875. The van der Waals surface area contributed by atoms with E-state index in [9.17, 15) is 18.0 Å². The van der Waals surface area contributed by atoms with Gasteiger partial charge in [-0.05, 0) is 45.7 Å². The molecule has 2 aromatic rings. The van der Waals surface area contributed by atoms with Crippen molar-refractivity contribution in [2.45, 2.75) is 51.4 Å². The molecule has 3 heterocycles. The molecular weight excluding hydrogens is 363 g/mol. The summed E-state index contributed by atoms with van der Waals surface area (Å²) < 4.78 is 45.2. The number of imidazole rings is 1. The molecule has 0 aliphatic carbocycles. The summed E-state index contributed by atoms with van der Waals surface area (Å²) in [5.41, 5.74) is -1.40. The van der Waals surface area contributed by atoms with Gasteiger partial charge in [0.1, 0.15) is 11.4 Å². The van der Waals surface area contributed by atoms with Gasteiger partial charge in [0.25, 0.3) is 0 Å². The van der Waals surface area contributed by atoms with Gasteiger partial charge in [-0.15, -0.1) is 5.10 Å². The summed E-state index contributed by atoms with van der Waals surface area (Å²) in [4.78, 5) is 17.7. The Morgan fingerprint density at radius 2 is 2.07 bits per heavy atom. The fraction of sp³-hybridized carbons (Fsp3) is 0.588. The van der Waals surface area contributed by atoms with E-state index in [0.717, 1.165) is 23.6 Å². The monoisotopic (exact) mass is 385 g/mol. The number of hydrogen-bond acceptors (Lipinski definition) is 5. The van der Waals surface area contributed by atoms with Gasteiger partial charge in [0.05, 0.1) is 12.2 Å². The average molecular weight is 385 g/mol. The third kappa shape index (κ3) is 4.42. The zero-order valence-corrected chi connectivity index (χ0v) is 15.4. The third-order valence-corrected chi connectivity index (χ3v) is 4.18. The Bertz CT molecular complexity index is 828. The molecule has 1 aliphatic rings. The van der Waals surface area contributed by atoms with Crippen LogP contribution in [0.1, 0.15) is 39.3 Å². The van der Waals surface area contributed by atoms with Crippen LogP contribution in [0.5, 0.6) is 0 Å². The number of halogens is 3. The lowest BCUT2D eigenvalue weighted by molar-refractivity contribution is -0.142. The summed E-state index contributed by atoms with van der Waals surface area (Å²) in [5, 5.41) is 7.00. The summed E-state index contributed by atoms with van der Waals surface area (Å²) in [7, 11) is 0. The molecule has 148 valence electrons. The van der Waals surface area contributed by atoms with Gasteiger partial charge >= 0.3 is 12.3 Å². The van der Waals surface area contributed by atoms with Crippen molar-refractivity contribution in [3.8, 4) is 0 Å². The first kappa shape index (κ1) is 19.2. The molecule has 0 saturated carbocycles. The standard InChI is InChI=1S/C17H22F3N5O2/c1-16(2,3)27-15(26)24-8-4-5-11(24)9-21-13-6-7-14-22-10-12(17(18,19)20)25(14)23-13/h6-7,10-11H,4-5,8-9H2,1-3H3,(H,21,23). The van der Waals surface area contributed by atoms with Crippen molar-refractivity contribution in [1.82, 2.24) is 19.5 Å². The van der Waals surface area contributed by atoms with Crippen LogP contribution >= 0.6 is 0 Å². The van der Waals surface area contributed by atoms with Crippen LogP contribution in [0, 0.1) is 0 Å². The van der Waals surface area contributed by atoms with Crippen molar-refractivity contribution in [2.24, 2.45) is 0 Å². The number of hydrogen-bond donors (Lipinski definition) is 1. The lowest BCUT2D eigenvalue weighted by Crippen LogP contribution is -2.42. The summed E-state index contributed by atoms with van der Waals surface area (Å²) in [6.45, 7) is 6.37. The second kappa shape index (κ2) is 6.90. The normalized spacial score (nSPS) is 18.1. The van der Waals surface area contributed by atoms with Crippen molar-refractivity contribution in [1.29, 1.82) is 0 Å². The number of carbonyl (C=O) groups is 1. The van der Waals surface area contributed by atoms with Crippen molar-refractivity contribution < 1.29 is 22.7 Å². The Morgan fingerprint density at radius 1 is 1.33 bits per heavy atom. The van der Waals surface area contributed by atoms with E-state index in [0.29, 0.717) is 13.1 Å². The van der Waals surface area contributed by atoms with Crippen molar-refractivity contribution in [3.05, 3.63) is 24.0 Å². The number of rotatable bonds is 3. The van der Waals surface area contributed by atoms with E-state index in [4.69, 9.17) is 4.74 Å². The van der Waals surface area contributed by atoms with E-state index >= 15 is 0 Å². The summed E-state index contributed by atoms with van der Waals surface area (Å²) in [6, 6.07) is 2.92. The number of alkyl halides is 3. The number of nitrogens with zero attached hydrogens (tertiary/aromatic N) is 4. The molecule has 1 atom stereocenters.